The third-order valence-electron chi connectivity index (χ3n) is 5.71. The van der Waals surface area contributed by atoms with Gasteiger partial charge in [0, 0.05) is 0 Å². The maximum absolute atomic E-state index is 13.2. The number of hydrogen-bond acceptors (Lipinski definition) is 3. The van der Waals surface area contributed by atoms with Crippen LogP contribution in [-0.2, 0) is 10.0 Å². The third-order valence-corrected chi connectivity index (χ3v) is 7.41. The summed E-state index contributed by atoms with van der Waals surface area (Å²) in [6.45, 7) is 3.88. The van der Waals surface area contributed by atoms with Crippen molar-refractivity contribution in [3.05, 3.63) is 130 Å². The standard InChI is InChI=1S/C28H25ClN2O3S/c1-19-12-15-23(16-13-19)35(33,34)31-22-14-17-25(26(29)18-22)28(32)30-27(21-9-4-3-5-10-21)24-11-7-6-8-20(24)2/h3-18,27,31H,1-2H3,(H,30,32)/t27-/m1/s1. The van der Waals surface area contributed by atoms with Gasteiger partial charge < -0.3 is 5.32 Å². The molecular weight excluding hydrogens is 480 g/mol. The fourth-order valence-electron chi connectivity index (χ4n) is 3.80. The zero-order valence-electron chi connectivity index (χ0n) is 19.3. The average Bonchev–Trinajstić information content (AvgIpc) is 2.83. The fourth-order valence-corrected chi connectivity index (χ4v) is 5.12. The van der Waals surface area contributed by atoms with Crippen LogP contribution in [0.1, 0.15) is 38.7 Å². The zero-order chi connectivity index (χ0) is 25.0. The van der Waals surface area contributed by atoms with E-state index < -0.39 is 10.0 Å². The molecule has 0 saturated heterocycles. The number of hydrogen-bond donors (Lipinski definition) is 2. The molecule has 35 heavy (non-hydrogen) atoms. The first kappa shape index (κ1) is 24.5. The minimum absolute atomic E-state index is 0.142. The molecule has 178 valence electrons. The molecule has 0 aliphatic rings. The quantitative estimate of drug-likeness (QED) is 0.311. The predicted molar refractivity (Wildman–Crippen MR) is 140 cm³/mol. The number of nitrogens with one attached hydrogen (secondary N) is 2. The Bertz CT molecular complexity index is 1450. The van der Waals surface area contributed by atoms with Gasteiger partial charge in [-0.15, -0.1) is 0 Å². The van der Waals surface area contributed by atoms with Crippen LogP contribution in [0, 0.1) is 13.8 Å². The van der Waals surface area contributed by atoms with Crippen LogP contribution in [-0.4, -0.2) is 14.3 Å². The van der Waals surface area contributed by atoms with Crippen molar-refractivity contribution in [2.24, 2.45) is 0 Å². The molecule has 0 saturated carbocycles. The number of carbonyl (C=O) groups excluding carboxylic acids is 1. The Labute approximate surface area is 210 Å². The summed E-state index contributed by atoms with van der Waals surface area (Å²) < 4.78 is 27.9. The minimum atomic E-state index is -3.78. The largest absolute Gasteiger partial charge is 0.341 e. The number of halogens is 1. The molecule has 0 unspecified atom stereocenters. The summed E-state index contributed by atoms with van der Waals surface area (Å²) in [5.74, 6) is -0.361. The lowest BCUT2D eigenvalue weighted by Gasteiger charge is -2.22. The summed E-state index contributed by atoms with van der Waals surface area (Å²) in [6, 6.07) is 28.2. The number of aryl methyl sites for hydroxylation is 2. The monoisotopic (exact) mass is 504 g/mol. The maximum atomic E-state index is 13.2. The van der Waals surface area contributed by atoms with Crippen LogP contribution >= 0.6 is 11.6 Å². The molecule has 0 bridgehead atoms. The van der Waals surface area contributed by atoms with Gasteiger partial charge in [-0.25, -0.2) is 8.42 Å². The van der Waals surface area contributed by atoms with E-state index in [-0.39, 0.29) is 33.1 Å². The first-order valence-corrected chi connectivity index (χ1v) is 12.9. The Morgan fingerprint density at radius 3 is 2.14 bits per heavy atom. The van der Waals surface area contributed by atoms with E-state index in [2.05, 4.69) is 10.0 Å². The summed E-state index contributed by atoms with van der Waals surface area (Å²) in [4.78, 5) is 13.4. The van der Waals surface area contributed by atoms with Crippen molar-refractivity contribution in [3.63, 3.8) is 0 Å². The molecule has 0 aromatic heterocycles. The van der Waals surface area contributed by atoms with Crippen LogP contribution in [0.3, 0.4) is 0 Å². The maximum Gasteiger partial charge on any atom is 0.261 e. The van der Waals surface area contributed by atoms with Crippen molar-refractivity contribution in [1.29, 1.82) is 0 Å². The van der Waals surface area contributed by atoms with E-state index in [1.807, 2.05) is 68.4 Å². The molecule has 7 heteroatoms. The van der Waals surface area contributed by atoms with E-state index in [1.54, 1.807) is 12.1 Å². The van der Waals surface area contributed by atoms with E-state index >= 15 is 0 Å². The lowest BCUT2D eigenvalue weighted by atomic mass is 9.94. The highest BCUT2D eigenvalue weighted by molar-refractivity contribution is 7.92. The van der Waals surface area contributed by atoms with Crippen molar-refractivity contribution < 1.29 is 13.2 Å². The molecule has 0 fully saturated rings. The summed E-state index contributed by atoms with van der Waals surface area (Å²) in [5.41, 5.74) is 4.44. The van der Waals surface area contributed by atoms with Gasteiger partial charge in [-0.05, 0) is 60.9 Å². The molecule has 0 spiro atoms. The molecule has 1 atom stereocenters. The topological polar surface area (TPSA) is 75.3 Å². The first-order chi connectivity index (χ1) is 16.7. The molecular formula is C28H25ClN2O3S. The molecule has 2 N–H and O–H groups in total. The molecule has 0 heterocycles. The second-order valence-corrected chi connectivity index (χ2v) is 10.4. The zero-order valence-corrected chi connectivity index (χ0v) is 20.9. The van der Waals surface area contributed by atoms with E-state index in [9.17, 15) is 13.2 Å². The van der Waals surface area contributed by atoms with Crippen molar-refractivity contribution in [2.45, 2.75) is 24.8 Å². The van der Waals surface area contributed by atoms with Crippen LogP contribution < -0.4 is 10.0 Å². The van der Waals surface area contributed by atoms with Gasteiger partial charge in [-0.1, -0.05) is 83.9 Å². The van der Waals surface area contributed by atoms with Crippen LogP contribution in [0.2, 0.25) is 5.02 Å². The number of sulfonamides is 1. The normalized spacial score (nSPS) is 12.1. The van der Waals surface area contributed by atoms with Crippen LogP contribution in [0.15, 0.2) is 102 Å². The smallest absolute Gasteiger partial charge is 0.261 e. The molecule has 4 aromatic rings. The Hall–Kier alpha value is -3.61. The fraction of sp³-hybridized carbons (Fsp3) is 0.107. The highest BCUT2D eigenvalue weighted by Gasteiger charge is 2.21. The van der Waals surface area contributed by atoms with E-state index in [1.165, 1.54) is 30.3 Å². The Morgan fingerprint density at radius 2 is 1.49 bits per heavy atom. The van der Waals surface area contributed by atoms with Crippen molar-refractivity contribution in [1.82, 2.24) is 5.32 Å². The van der Waals surface area contributed by atoms with Gasteiger partial charge in [0.05, 0.1) is 27.2 Å². The molecule has 0 radical (unpaired) electrons. The summed E-state index contributed by atoms with van der Waals surface area (Å²) in [5, 5.41) is 3.23. The van der Waals surface area contributed by atoms with Gasteiger partial charge in [0.1, 0.15) is 0 Å². The van der Waals surface area contributed by atoms with E-state index in [0.717, 1.165) is 22.3 Å². The van der Waals surface area contributed by atoms with Gasteiger partial charge in [0.15, 0.2) is 0 Å². The molecule has 4 aromatic carbocycles. The summed E-state index contributed by atoms with van der Waals surface area (Å²) >= 11 is 6.43. The number of anilines is 1. The molecule has 1 amide bonds. The number of rotatable bonds is 7. The van der Waals surface area contributed by atoms with Gasteiger partial charge in [-0.2, -0.15) is 0 Å². The third kappa shape index (κ3) is 5.73. The molecule has 4 rings (SSSR count). The lowest BCUT2D eigenvalue weighted by molar-refractivity contribution is 0.0943. The minimum Gasteiger partial charge on any atom is -0.341 e. The van der Waals surface area contributed by atoms with Gasteiger partial charge in [0.25, 0.3) is 15.9 Å². The first-order valence-electron chi connectivity index (χ1n) is 11.0. The Morgan fingerprint density at radius 1 is 0.829 bits per heavy atom. The Balaban J connectivity index is 1.58. The van der Waals surface area contributed by atoms with E-state index in [4.69, 9.17) is 11.6 Å². The summed E-state index contributed by atoms with van der Waals surface area (Å²) in [6.07, 6.45) is 0. The van der Waals surface area contributed by atoms with E-state index in [0.29, 0.717) is 0 Å². The lowest BCUT2D eigenvalue weighted by Crippen LogP contribution is -2.30. The molecule has 0 aliphatic carbocycles. The Kier molecular flexibility index (Phi) is 7.24. The molecule has 5 nitrogen and oxygen atoms in total. The van der Waals surface area contributed by atoms with Crippen molar-refractivity contribution in [2.75, 3.05) is 4.72 Å². The highest BCUT2D eigenvalue weighted by Crippen LogP contribution is 2.28. The SMILES string of the molecule is Cc1ccc(S(=O)(=O)Nc2ccc(C(=O)N[C@H](c3ccccc3)c3ccccc3C)c(Cl)c2)cc1. The van der Waals surface area contributed by atoms with Gasteiger partial charge in [-0.3, -0.25) is 9.52 Å². The van der Waals surface area contributed by atoms with Crippen molar-refractivity contribution in [3.8, 4) is 0 Å². The average molecular weight is 505 g/mol. The van der Waals surface area contributed by atoms with Gasteiger partial charge in [0.2, 0.25) is 0 Å². The number of amides is 1. The predicted octanol–water partition coefficient (Wildman–Crippen LogP) is 6.28. The second-order valence-electron chi connectivity index (χ2n) is 8.29. The van der Waals surface area contributed by atoms with Crippen LogP contribution in [0.25, 0.3) is 0 Å². The van der Waals surface area contributed by atoms with Crippen LogP contribution in [0.4, 0.5) is 5.69 Å². The van der Waals surface area contributed by atoms with Crippen molar-refractivity contribution >= 4 is 33.2 Å². The van der Waals surface area contributed by atoms with Crippen LogP contribution in [0.5, 0.6) is 0 Å². The van der Waals surface area contributed by atoms with Gasteiger partial charge >= 0.3 is 0 Å². The summed E-state index contributed by atoms with van der Waals surface area (Å²) in [7, 11) is -3.78. The number of carbonyl (C=O) groups is 1. The highest BCUT2D eigenvalue weighted by atomic mass is 35.5. The number of benzene rings is 4. The second kappa shape index (κ2) is 10.3. The molecule has 0 aliphatic heterocycles.